The summed E-state index contributed by atoms with van der Waals surface area (Å²) in [5.74, 6) is -2.27. The lowest BCUT2D eigenvalue weighted by atomic mass is 10.4. The van der Waals surface area contributed by atoms with Crippen molar-refractivity contribution in [3.63, 3.8) is 0 Å². The monoisotopic (exact) mass is 648 g/mol. The Balaban J connectivity index is 0.00000106. The van der Waals surface area contributed by atoms with Crippen LogP contribution < -0.4 is 5.73 Å². The molecule has 0 saturated heterocycles. The molecule has 0 radical (unpaired) electrons. The normalized spacial score (nSPS) is 13.0. The van der Waals surface area contributed by atoms with Gasteiger partial charge in [0.15, 0.2) is 11.5 Å². The van der Waals surface area contributed by atoms with Gasteiger partial charge in [-0.3, -0.25) is 13.6 Å². The third-order valence-electron chi connectivity index (χ3n) is 4.98. The predicted molar refractivity (Wildman–Crippen MR) is 151 cm³/mol. The van der Waals surface area contributed by atoms with E-state index in [0.29, 0.717) is 36.4 Å². The first-order chi connectivity index (χ1) is 20.7. The molecule has 0 saturated carbocycles. The van der Waals surface area contributed by atoms with E-state index in [1.54, 1.807) is 39.2 Å². The summed E-state index contributed by atoms with van der Waals surface area (Å²) in [5, 5.41) is 15.6. The van der Waals surface area contributed by atoms with Crippen LogP contribution in [0, 0.1) is 0 Å². The summed E-state index contributed by atoms with van der Waals surface area (Å²) in [6, 6.07) is 0. The van der Waals surface area contributed by atoms with Crippen LogP contribution in [0.1, 0.15) is 34.6 Å². The molecule has 2 aromatic rings. The standard InChI is InChI=1S/C20H33N6O9P.C4H4O4/c1-6-25(7-2)19(27)30-11-33-36(29,34-12-31-20(28)35-14(3)4)13-32-15(5)8-26-10-24-16-17(21)22-9-23-18(16)26;5-3(6)1-2-4(7)8/h9-10,14-15H,6-8,11-13H2,1-5H3,(H2,21,22,23);1-2H,(H,5,6)(H,7,8)/b;2-1+/t15-,36?;/m1./s1. The highest BCUT2D eigenvalue weighted by molar-refractivity contribution is 7.53. The van der Waals surface area contributed by atoms with Crippen molar-refractivity contribution in [1.29, 1.82) is 0 Å². The molecular formula is C24H37N6O13P. The summed E-state index contributed by atoms with van der Waals surface area (Å²) < 4.78 is 45.5. The van der Waals surface area contributed by atoms with E-state index >= 15 is 0 Å². The molecule has 0 aromatic carbocycles. The summed E-state index contributed by atoms with van der Waals surface area (Å²) in [6.07, 6.45) is 0.865. The van der Waals surface area contributed by atoms with Crippen molar-refractivity contribution < 1.29 is 62.0 Å². The molecule has 19 nitrogen and oxygen atoms in total. The molecule has 0 aliphatic carbocycles. The van der Waals surface area contributed by atoms with Gasteiger partial charge in [0.2, 0.25) is 13.6 Å². The number of imidazole rings is 1. The number of hydrogen-bond donors (Lipinski definition) is 3. The molecule has 246 valence electrons. The maximum absolute atomic E-state index is 13.2. The van der Waals surface area contributed by atoms with Crippen molar-refractivity contribution in [2.24, 2.45) is 0 Å². The minimum Gasteiger partial charge on any atom is -0.478 e. The van der Waals surface area contributed by atoms with Gasteiger partial charge in [-0.2, -0.15) is 0 Å². The number of amides is 1. The number of carboxylic acids is 2. The topological polar surface area (TPSA) is 254 Å². The number of hydrogen-bond acceptors (Lipinski definition) is 15. The van der Waals surface area contributed by atoms with Gasteiger partial charge in [-0.05, 0) is 34.6 Å². The number of nitrogen functional groups attached to an aromatic ring is 1. The van der Waals surface area contributed by atoms with Crippen molar-refractivity contribution in [2.45, 2.75) is 53.4 Å². The van der Waals surface area contributed by atoms with Crippen LogP contribution in [0.2, 0.25) is 0 Å². The summed E-state index contributed by atoms with van der Waals surface area (Å²) in [6.45, 7) is 8.30. The number of nitrogens with zero attached hydrogens (tertiary/aromatic N) is 5. The van der Waals surface area contributed by atoms with E-state index in [-0.39, 0.29) is 12.4 Å². The molecule has 2 heterocycles. The van der Waals surface area contributed by atoms with Crippen LogP contribution in [-0.2, 0) is 48.7 Å². The van der Waals surface area contributed by atoms with Crippen LogP contribution in [0.15, 0.2) is 24.8 Å². The van der Waals surface area contributed by atoms with Gasteiger partial charge < -0.3 is 44.4 Å². The zero-order valence-corrected chi connectivity index (χ0v) is 25.7. The van der Waals surface area contributed by atoms with Gasteiger partial charge in [-0.15, -0.1) is 0 Å². The molecule has 0 fully saturated rings. The van der Waals surface area contributed by atoms with Crippen LogP contribution in [0.3, 0.4) is 0 Å². The number of nitrogens with two attached hydrogens (primary N) is 1. The molecular weight excluding hydrogens is 611 g/mol. The van der Waals surface area contributed by atoms with Crippen LogP contribution in [0.4, 0.5) is 15.4 Å². The van der Waals surface area contributed by atoms with E-state index in [0.717, 1.165) is 0 Å². The zero-order chi connectivity index (χ0) is 33.3. The molecule has 2 atom stereocenters. The number of rotatable bonds is 16. The Morgan fingerprint density at radius 1 is 1.00 bits per heavy atom. The van der Waals surface area contributed by atoms with E-state index < -0.39 is 63.9 Å². The Labute approximate surface area is 252 Å². The summed E-state index contributed by atoms with van der Waals surface area (Å²) in [4.78, 5) is 56.3. The largest absolute Gasteiger partial charge is 0.510 e. The summed E-state index contributed by atoms with van der Waals surface area (Å²) >= 11 is 0. The first-order valence-electron chi connectivity index (χ1n) is 13.0. The van der Waals surface area contributed by atoms with Gasteiger partial charge in [-0.1, -0.05) is 0 Å². The first kappa shape index (κ1) is 37.7. The molecule has 2 aromatic heterocycles. The van der Waals surface area contributed by atoms with E-state index in [1.165, 1.54) is 17.6 Å². The first-order valence-corrected chi connectivity index (χ1v) is 14.7. The van der Waals surface area contributed by atoms with E-state index in [1.807, 2.05) is 0 Å². The Morgan fingerprint density at radius 3 is 2.14 bits per heavy atom. The average molecular weight is 649 g/mol. The lowest BCUT2D eigenvalue weighted by Crippen LogP contribution is -2.31. The third-order valence-corrected chi connectivity index (χ3v) is 6.44. The second-order valence-electron chi connectivity index (χ2n) is 8.69. The fourth-order valence-corrected chi connectivity index (χ4v) is 4.03. The van der Waals surface area contributed by atoms with E-state index in [2.05, 4.69) is 15.0 Å². The number of aliphatic carboxylic acids is 2. The van der Waals surface area contributed by atoms with Crippen molar-refractivity contribution >= 4 is 48.8 Å². The highest BCUT2D eigenvalue weighted by Gasteiger charge is 2.29. The van der Waals surface area contributed by atoms with Gasteiger partial charge in [-0.25, -0.2) is 34.1 Å². The van der Waals surface area contributed by atoms with Gasteiger partial charge >= 0.3 is 31.8 Å². The van der Waals surface area contributed by atoms with Crippen LogP contribution in [0.25, 0.3) is 11.2 Å². The number of ether oxygens (including phenoxy) is 4. The highest BCUT2D eigenvalue weighted by Crippen LogP contribution is 2.48. The lowest BCUT2D eigenvalue weighted by Gasteiger charge is -2.22. The SMILES string of the molecule is CCN(CC)C(=O)OCOP(=O)(CO[C@H](C)Cn1cnc2c(N)ncnc21)OCOC(=O)OC(C)C.O=C(O)/C=C/C(=O)O. The van der Waals surface area contributed by atoms with Crippen molar-refractivity contribution in [2.75, 3.05) is 38.8 Å². The molecule has 20 heteroatoms. The Kier molecular flexibility index (Phi) is 16.3. The van der Waals surface area contributed by atoms with Crippen LogP contribution in [0.5, 0.6) is 0 Å². The summed E-state index contributed by atoms with van der Waals surface area (Å²) in [5.41, 5.74) is 6.76. The fraction of sp³-hybridized carbons (Fsp3) is 0.542. The third kappa shape index (κ3) is 14.2. The molecule has 0 aliphatic rings. The van der Waals surface area contributed by atoms with Crippen LogP contribution >= 0.6 is 7.60 Å². The quantitative estimate of drug-likeness (QED) is 0.102. The Hall–Kier alpha value is -4.32. The zero-order valence-electron chi connectivity index (χ0n) is 24.9. The summed E-state index contributed by atoms with van der Waals surface area (Å²) in [7, 11) is -4.03. The number of anilines is 1. The molecule has 2 rings (SSSR count). The van der Waals surface area contributed by atoms with Gasteiger partial charge in [0.05, 0.1) is 25.1 Å². The van der Waals surface area contributed by atoms with E-state index in [4.69, 9.17) is 43.9 Å². The number of aromatic nitrogens is 4. The van der Waals surface area contributed by atoms with E-state index in [9.17, 15) is 23.7 Å². The lowest BCUT2D eigenvalue weighted by molar-refractivity contribution is -0.134. The molecule has 44 heavy (non-hydrogen) atoms. The van der Waals surface area contributed by atoms with Crippen molar-refractivity contribution in [3.05, 3.63) is 24.8 Å². The number of carbonyl (C=O) groups is 4. The second-order valence-corrected chi connectivity index (χ2v) is 10.7. The fourth-order valence-electron chi connectivity index (χ4n) is 2.95. The molecule has 0 aliphatic heterocycles. The maximum atomic E-state index is 13.2. The van der Waals surface area contributed by atoms with Gasteiger partial charge in [0, 0.05) is 25.2 Å². The van der Waals surface area contributed by atoms with Crippen molar-refractivity contribution in [1.82, 2.24) is 24.4 Å². The number of carbonyl (C=O) groups excluding carboxylic acids is 2. The highest BCUT2D eigenvalue weighted by atomic mass is 31.2. The van der Waals surface area contributed by atoms with Gasteiger partial charge in [0.1, 0.15) is 18.2 Å². The number of carboxylic acid groups (broad SMARTS) is 2. The van der Waals surface area contributed by atoms with Crippen LogP contribution in [-0.4, -0.2) is 104 Å². The van der Waals surface area contributed by atoms with Crippen molar-refractivity contribution in [3.8, 4) is 0 Å². The Bertz CT molecular complexity index is 1300. The molecule has 1 amide bonds. The Morgan fingerprint density at radius 2 is 1.59 bits per heavy atom. The molecule has 1 unspecified atom stereocenters. The predicted octanol–water partition coefficient (Wildman–Crippen LogP) is 2.66. The number of fused-ring (bicyclic) bond motifs is 1. The molecule has 0 bridgehead atoms. The molecule has 4 N–H and O–H groups in total. The minimum absolute atomic E-state index is 0.244. The second kappa shape index (κ2) is 19.1. The maximum Gasteiger partial charge on any atom is 0.510 e. The molecule has 0 spiro atoms. The smallest absolute Gasteiger partial charge is 0.478 e. The average Bonchev–Trinajstić information content (AvgIpc) is 3.35. The van der Waals surface area contributed by atoms with Gasteiger partial charge in [0.25, 0.3) is 0 Å². The minimum atomic E-state index is -4.03.